The molecule has 29 heavy (non-hydrogen) atoms. The number of amides is 1. The van der Waals surface area contributed by atoms with Crippen LogP contribution in [-0.2, 0) is 4.79 Å². The zero-order valence-electron chi connectivity index (χ0n) is 16.0. The summed E-state index contributed by atoms with van der Waals surface area (Å²) in [7, 11) is 0. The number of nitriles is 1. The van der Waals surface area contributed by atoms with Crippen molar-refractivity contribution in [1.82, 2.24) is 9.99 Å². The molecule has 0 spiro atoms. The first kappa shape index (κ1) is 19.4. The molecule has 146 valence electrons. The van der Waals surface area contributed by atoms with E-state index in [4.69, 9.17) is 4.42 Å². The van der Waals surface area contributed by atoms with Gasteiger partial charge in [-0.15, -0.1) is 11.3 Å². The van der Waals surface area contributed by atoms with Crippen molar-refractivity contribution < 1.29 is 9.21 Å². The Hall–Kier alpha value is -2.89. The molecule has 1 atom stereocenters. The lowest BCUT2D eigenvalue weighted by Crippen LogP contribution is -2.28. The molecule has 4 rings (SSSR count). The van der Waals surface area contributed by atoms with Gasteiger partial charge in [0.05, 0.1) is 28.2 Å². The first-order chi connectivity index (χ1) is 14.1. The number of thiophene rings is 1. The average Bonchev–Trinajstić information content (AvgIpc) is 3.46. The summed E-state index contributed by atoms with van der Waals surface area (Å²) in [6.07, 6.45) is 2.21. The van der Waals surface area contributed by atoms with Crippen LogP contribution < -0.4 is 0 Å². The maximum absolute atomic E-state index is 13.1. The van der Waals surface area contributed by atoms with Gasteiger partial charge in [0.2, 0.25) is 0 Å². The number of nitrogens with zero attached hydrogens (tertiary/aromatic N) is 4. The van der Waals surface area contributed by atoms with Gasteiger partial charge in [-0.2, -0.15) is 10.4 Å². The summed E-state index contributed by atoms with van der Waals surface area (Å²) in [6.45, 7) is 3.76. The second-order valence-corrected chi connectivity index (χ2v) is 8.57. The lowest BCUT2D eigenvalue weighted by Gasteiger charge is -2.19. The van der Waals surface area contributed by atoms with Crippen LogP contribution in [0.3, 0.4) is 0 Å². The molecule has 0 aliphatic carbocycles. The summed E-state index contributed by atoms with van der Waals surface area (Å²) in [5.74, 6) is 0.705. The fourth-order valence-corrected chi connectivity index (χ4v) is 4.95. The summed E-state index contributed by atoms with van der Waals surface area (Å²) in [5.41, 5.74) is 3.08. The van der Waals surface area contributed by atoms with Crippen LogP contribution >= 0.6 is 23.1 Å². The van der Waals surface area contributed by atoms with E-state index in [1.807, 2.05) is 49.6 Å². The van der Waals surface area contributed by atoms with E-state index in [1.165, 1.54) is 16.8 Å². The second kappa shape index (κ2) is 8.23. The highest BCUT2D eigenvalue weighted by atomic mass is 32.2. The number of aromatic nitrogens is 1. The van der Waals surface area contributed by atoms with Gasteiger partial charge in [-0.1, -0.05) is 17.8 Å². The molecule has 3 aromatic heterocycles. The highest BCUT2D eigenvalue weighted by molar-refractivity contribution is 8.00. The summed E-state index contributed by atoms with van der Waals surface area (Å²) in [4.78, 5) is 18.6. The van der Waals surface area contributed by atoms with Gasteiger partial charge in [0, 0.05) is 12.1 Å². The van der Waals surface area contributed by atoms with Crippen molar-refractivity contribution in [3.05, 3.63) is 69.4 Å². The van der Waals surface area contributed by atoms with Crippen LogP contribution in [-0.4, -0.2) is 27.4 Å². The summed E-state index contributed by atoms with van der Waals surface area (Å²) >= 11 is 2.87. The number of hydrazone groups is 1. The van der Waals surface area contributed by atoms with Crippen molar-refractivity contribution in [3.8, 4) is 6.07 Å². The third-order valence-corrected chi connectivity index (χ3v) is 6.48. The molecule has 0 N–H and O–H groups in total. The van der Waals surface area contributed by atoms with E-state index in [0.29, 0.717) is 22.8 Å². The molecule has 0 fully saturated rings. The maximum Gasteiger partial charge on any atom is 0.253 e. The smallest absolute Gasteiger partial charge is 0.253 e. The SMILES string of the molecule is Cc1cc(C)c(C#N)c(SCC(=O)N2N=C(c3cccs3)C[C@@H]2c2ccco2)n1. The Balaban J connectivity index is 1.57. The van der Waals surface area contributed by atoms with Gasteiger partial charge >= 0.3 is 0 Å². The molecule has 0 bridgehead atoms. The Morgan fingerprint density at radius 1 is 1.41 bits per heavy atom. The topological polar surface area (TPSA) is 82.5 Å². The van der Waals surface area contributed by atoms with E-state index in [2.05, 4.69) is 16.2 Å². The molecule has 4 heterocycles. The fourth-order valence-electron chi connectivity index (χ4n) is 3.27. The fraction of sp³-hybridized carbons (Fsp3) is 0.238. The second-order valence-electron chi connectivity index (χ2n) is 6.66. The number of carbonyl (C=O) groups is 1. The van der Waals surface area contributed by atoms with Crippen molar-refractivity contribution in [1.29, 1.82) is 5.26 Å². The lowest BCUT2D eigenvalue weighted by molar-refractivity contribution is -0.130. The Morgan fingerprint density at radius 3 is 2.97 bits per heavy atom. The number of aryl methyl sites for hydroxylation is 2. The monoisotopic (exact) mass is 422 g/mol. The van der Waals surface area contributed by atoms with Crippen LogP contribution in [0.15, 0.2) is 56.5 Å². The number of carbonyl (C=O) groups excluding carboxylic acids is 1. The molecule has 1 aliphatic rings. The van der Waals surface area contributed by atoms with Crippen molar-refractivity contribution in [2.75, 3.05) is 5.75 Å². The molecule has 8 heteroatoms. The number of rotatable bonds is 5. The normalized spacial score (nSPS) is 16.0. The van der Waals surface area contributed by atoms with E-state index < -0.39 is 0 Å². The van der Waals surface area contributed by atoms with Crippen LogP contribution in [0.1, 0.15) is 39.9 Å². The zero-order valence-corrected chi connectivity index (χ0v) is 17.6. The number of furan rings is 1. The van der Waals surface area contributed by atoms with Gasteiger partial charge < -0.3 is 4.42 Å². The van der Waals surface area contributed by atoms with Gasteiger partial charge in [0.1, 0.15) is 22.9 Å². The maximum atomic E-state index is 13.1. The quantitative estimate of drug-likeness (QED) is 0.557. The lowest BCUT2D eigenvalue weighted by atomic mass is 10.1. The number of hydrogen-bond acceptors (Lipinski definition) is 7. The molecule has 0 unspecified atom stereocenters. The van der Waals surface area contributed by atoms with Crippen molar-refractivity contribution in [2.24, 2.45) is 5.10 Å². The van der Waals surface area contributed by atoms with Crippen LogP contribution in [0.4, 0.5) is 0 Å². The van der Waals surface area contributed by atoms with E-state index >= 15 is 0 Å². The average molecular weight is 423 g/mol. The van der Waals surface area contributed by atoms with Crippen LogP contribution in [0.5, 0.6) is 0 Å². The van der Waals surface area contributed by atoms with Crippen LogP contribution in [0.25, 0.3) is 0 Å². The van der Waals surface area contributed by atoms with Gasteiger partial charge in [0.15, 0.2) is 0 Å². The summed E-state index contributed by atoms with van der Waals surface area (Å²) in [6, 6.07) is 11.5. The first-order valence-electron chi connectivity index (χ1n) is 9.04. The van der Waals surface area contributed by atoms with Crippen molar-refractivity contribution in [3.63, 3.8) is 0 Å². The first-order valence-corrected chi connectivity index (χ1v) is 10.9. The van der Waals surface area contributed by atoms with Crippen LogP contribution in [0, 0.1) is 25.2 Å². The molecule has 1 aliphatic heterocycles. The predicted octanol–water partition coefficient (Wildman–Crippen LogP) is 4.69. The Morgan fingerprint density at radius 2 is 2.28 bits per heavy atom. The Kier molecular flexibility index (Phi) is 5.51. The molecule has 6 nitrogen and oxygen atoms in total. The van der Waals surface area contributed by atoms with Crippen LogP contribution in [0.2, 0.25) is 0 Å². The van der Waals surface area contributed by atoms with E-state index in [9.17, 15) is 10.1 Å². The van der Waals surface area contributed by atoms with Gasteiger partial charge in [-0.25, -0.2) is 9.99 Å². The molecule has 0 saturated heterocycles. The molecule has 0 radical (unpaired) electrons. The predicted molar refractivity (Wildman–Crippen MR) is 113 cm³/mol. The van der Waals surface area contributed by atoms with Gasteiger partial charge in [0.25, 0.3) is 5.91 Å². The minimum atomic E-state index is -0.266. The van der Waals surface area contributed by atoms with Crippen molar-refractivity contribution >= 4 is 34.7 Å². The standard InChI is InChI=1S/C21H18N4O2S2/c1-13-9-14(2)23-21(15(13)11-22)29-12-20(26)25-17(18-5-3-7-27-18)10-16(24-25)19-6-4-8-28-19/h3-9,17H,10,12H2,1-2H3/t17-/m1/s1. The van der Waals surface area contributed by atoms with Gasteiger partial charge in [-0.3, -0.25) is 4.79 Å². The third-order valence-electron chi connectivity index (χ3n) is 4.60. The van der Waals surface area contributed by atoms with Gasteiger partial charge in [-0.05, 0) is 49.1 Å². The van der Waals surface area contributed by atoms with E-state index in [0.717, 1.165) is 21.8 Å². The highest BCUT2D eigenvalue weighted by Gasteiger charge is 2.35. The zero-order chi connectivity index (χ0) is 20.4. The number of thioether (sulfide) groups is 1. The molecular weight excluding hydrogens is 404 g/mol. The Bertz CT molecular complexity index is 1100. The third kappa shape index (κ3) is 3.97. The minimum Gasteiger partial charge on any atom is -0.467 e. The molecular formula is C21H18N4O2S2. The molecule has 1 amide bonds. The molecule has 3 aromatic rings. The van der Waals surface area contributed by atoms with E-state index in [-0.39, 0.29) is 17.7 Å². The number of hydrogen-bond donors (Lipinski definition) is 0. The molecule has 0 saturated carbocycles. The highest BCUT2D eigenvalue weighted by Crippen LogP contribution is 2.35. The summed E-state index contributed by atoms with van der Waals surface area (Å²) in [5, 5.41) is 18.1. The Labute approximate surface area is 176 Å². The largest absolute Gasteiger partial charge is 0.467 e. The number of pyridine rings is 1. The molecule has 0 aromatic carbocycles. The minimum absolute atomic E-state index is 0.142. The van der Waals surface area contributed by atoms with Crippen molar-refractivity contribution in [2.45, 2.75) is 31.3 Å². The summed E-state index contributed by atoms with van der Waals surface area (Å²) < 4.78 is 5.57. The van der Waals surface area contributed by atoms with E-state index in [1.54, 1.807) is 17.6 Å².